The van der Waals surface area contributed by atoms with Gasteiger partial charge in [0.25, 0.3) is 5.91 Å². The van der Waals surface area contributed by atoms with Crippen molar-refractivity contribution in [3.05, 3.63) is 60.1 Å². The van der Waals surface area contributed by atoms with Gasteiger partial charge < -0.3 is 9.73 Å². The minimum atomic E-state index is -0.901. The SMILES string of the molecule is O=CNC(C(=O)NN1CCN(N=Cc2ccco2)C1=O)c1ccccc1. The molecule has 1 fully saturated rings. The Hall–Kier alpha value is -3.62. The fourth-order valence-corrected chi connectivity index (χ4v) is 2.46. The number of nitrogens with zero attached hydrogens (tertiary/aromatic N) is 3. The first-order valence-corrected chi connectivity index (χ1v) is 7.90. The normalized spacial score (nSPS) is 15.3. The number of amides is 4. The second-order valence-corrected chi connectivity index (χ2v) is 5.42. The van der Waals surface area contributed by atoms with E-state index in [1.807, 2.05) is 0 Å². The summed E-state index contributed by atoms with van der Waals surface area (Å²) in [7, 11) is 0. The number of nitrogens with one attached hydrogen (secondary N) is 2. The van der Waals surface area contributed by atoms with Crippen molar-refractivity contribution in [1.29, 1.82) is 0 Å². The maximum absolute atomic E-state index is 12.5. The fraction of sp³-hybridized carbons (Fsp3) is 0.176. The first kappa shape index (κ1) is 17.2. The first-order valence-electron chi connectivity index (χ1n) is 7.90. The zero-order chi connectivity index (χ0) is 18.4. The largest absolute Gasteiger partial charge is 0.463 e. The van der Waals surface area contributed by atoms with Crippen molar-refractivity contribution >= 4 is 24.6 Å². The lowest BCUT2D eigenvalue weighted by Gasteiger charge is -2.21. The van der Waals surface area contributed by atoms with E-state index in [-0.39, 0.29) is 6.54 Å². The zero-order valence-electron chi connectivity index (χ0n) is 13.7. The Labute approximate surface area is 149 Å². The summed E-state index contributed by atoms with van der Waals surface area (Å²) in [5.41, 5.74) is 3.13. The number of furan rings is 1. The maximum atomic E-state index is 12.5. The molecule has 1 saturated heterocycles. The van der Waals surface area contributed by atoms with Crippen LogP contribution in [0.4, 0.5) is 4.79 Å². The molecule has 26 heavy (non-hydrogen) atoms. The quantitative estimate of drug-likeness (QED) is 0.567. The molecule has 2 N–H and O–H groups in total. The van der Waals surface area contributed by atoms with E-state index >= 15 is 0 Å². The van der Waals surface area contributed by atoms with Crippen LogP contribution in [0.15, 0.2) is 58.2 Å². The number of benzene rings is 1. The third kappa shape index (κ3) is 3.89. The topological polar surface area (TPSA) is 107 Å². The lowest BCUT2D eigenvalue weighted by atomic mass is 10.1. The molecule has 4 amide bonds. The average Bonchev–Trinajstić information content (AvgIpc) is 3.29. The molecule has 1 aliphatic heterocycles. The average molecular weight is 355 g/mol. The Morgan fingerprint density at radius 3 is 2.69 bits per heavy atom. The van der Waals surface area contributed by atoms with Crippen molar-refractivity contribution in [3.63, 3.8) is 0 Å². The molecule has 3 rings (SSSR count). The van der Waals surface area contributed by atoms with Crippen LogP contribution in [0.3, 0.4) is 0 Å². The van der Waals surface area contributed by atoms with E-state index in [0.717, 1.165) is 5.01 Å². The van der Waals surface area contributed by atoms with E-state index in [2.05, 4.69) is 15.8 Å². The van der Waals surface area contributed by atoms with Crippen molar-refractivity contribution < 1.29 is 18.8 Å². The molecule has 1 aromatic heterocycles. The van der Waals surface area contributed by atoms with Gasteiger partial charge in [0.05, 0.1) is 25.6 Å². The van der Waals surface area contributed by atoms with Crippen molar-refractivity contribution in [3.8, 4) is 0 Å². The van der Waals surface area contributed by atoms with Crippen LogP contribution in [0, 0.1) is 0 Å². The van der Waals surface area contributed by atoms with Gasteiger partial charge in [0.15, 0.2) is 0 Å². The molecule has 0 radical (unpaired) electrons. The van der Waals surface area contributed by atoms with Crippen molar-refractivity contribution in [1.82, 2.24) is 20.8 Å². The van der Waals surface area contributed by atoms with Crippen LogP contribution in [-0.2, 0) is 9.59 Å². The van der Waals surface area contributed by atoms with Gasteiger partial charge in [0.1, 0.15) is 11.8 Å². The van der Waals surface area contributed by atoms with Crippen molar-refractivity contribution in [2.45, 2.75) is 6.04 Å². The minimum Gasteiger partial charge on any atom is -0.463 e. The summed E-state index contributed by atoms with van der Waals surface area (Å²) in [6.07, 6.45) is 3.37. The van der Waals surface area contributed by atoms with Crippen LogP contribution in [-0.4, -0.2) is 47.7 Å². The van der Waals surface area contributed by atoms with Crippen molar-refractivity contribution in [2.75, 3.05) is 13.1 Å². The van der Waals surface area contributed by atoms with Gasteiger partial charge in [-0.3, -0.25) is 15.0 Å². The van der Waals surface area contributed by atoms with E-state index in [9.17, 15) is 14.4 Å². The Kier molecular flexibility index (Phi) is 5.28. The van der Waals surface area contributed by atoms with Crippen LogP contribution < -0.4 is 10.7 Å². The standard InChI is InChI=1S/C17H17N5O4/c23-12-18-15(13-5-2-1-3-6-13)16(24)20-22-9-8-21(17(22)25)19-11-14-7-4-10-26-14/h1-7,10-12,15H,8-9H2,(H,18,23)(H,20,24). The van der Waals surface area contributed by atoms with E-state index in [1.54, 1.807) is 42.5 Å². The highest BCUT2D eigenvalue weighted by Crippen LogP contribution is 2.14. The number of hydrogen-bond acceptors (Lipinski definition) is 5. The molecule has 0 bridgehead atoms. The predicted octanol–water partition coefficient (Wildman–Crippen LogP) is 0.870. The van der Waals surface area contributed by atoms with Crippen LogP contribution in [0.1, 0.15) is 17.4 Å². The highest BCUT2D eigenvalue weighted by atomic mass is 16.3. The summed E-state index contributed by atoms with van der Waals surface area (Å²) in [6, 6.07) is 10.8. The Bertz CT molecular complexity index is 791. The molecule has 1 atom stereocenters. The van der Waals surface area contributed by atoms with Gasteiger partial charge in [-0.15, -0.1) is 0 Å². The highest BCUT2D eigenvalue weighted by molar-refractivity contribution is 5.88. The molecule has 9 heteroatoms. The first-order chi connectivity index (χ1) is 12.7. The van der Waals surface area contributed by atoms with E-state index in [4.69, 9.17) is 4.42 Å². The van der Waals surface area contributed by atoms with Gasteiger partial charge in [-0.1, -0.05) is 30.3 Å². The van der Waals surface area contributed by atoms with E-state index < -0.39 is 18.0 Å². The summed E-state index contributed by atoms with van der Waals surface area (Å²) in [6.45, 7) is 0.579. The number of urea groups is 1. The number of hydrogen-bond donors (Lipinski definition) is 2. The molecule has 1 unspecified atom stereocenters. The Balaban J connectivity index is 1.63. The number of rotatable bonds is 7. The summed E-state index contributed by atoms with van der Waals surface area (Å²) < 4.78 is 5.12. The lowest BCUT2D eigenvalue weighted by molar-refractivity contribution is -0.128. The molecule has 134 valence electrons. The summed E-state index contributed by atoms with van der Waals surface area (Å²) in [5, 5.41) is 8.87. The van der Waals surface area contributed by atoms with Crippen molar-refractivity contribution in [2.24, 2.45) is 5.10 Å². The van der Waals surface area contributed by atoms with Gasteiger partial charge >= 0.3 is 6.03 Å². The molecular formula is C17H17N5O4. The third-order valence-corrected chi connectivity index (χ3v) is 3.73. The number of carbonyl (C=O) groups is 3. The summed E-state index contributed by atoms with van der Waals surface area (Å²) >= 11 is 0. The molecule has 1 aromatic carbocycles. The molecule has 9 nitrogen and oxygen atoms in total. The Morgan fingerprint density at radius 2 is 2.00 bits per heavy atom. The van der Waals surface area contributed by atoms with E-state index in [1.165, 1.54) is 17.5 Å². The second-order valence-electron chi connectivity index (χ2n) is 5.42. The minimum absolute atomic E-state index is 0.267. The highest BCUT2D eigenvalue weighted by Gasteiger charge is 2.31. The van der Waals surface area contributed by atoms with Crippen LogP contribution in [0.2, 0.25) is 0 Å². The molecule has 0 spiro atoms. The van der Waals surface area contributed by atoms with Crippen LogP contribution >= 0.6 is 0 Å². The smallest absolute Gasteiger partial charge is 0.359 e. The third-order valence-electron chi connectivity index (χ3n) is 3.73. The maximum Gasteiger partial charge on any atom is 0.359 e. The van der Waals surface area contributed by atoms with Gasteiger partial charge in [0.2, 0.25) is 6.41 Å². The number of hydrazone groups is 1. The number of hydrazine groups is 1. The van der Waals surface area contributed by atoms with E-state index in [0.29, 0.717) is 24.3 Å². The van der Waals surface area contributed by atoms with Gasteiger partial charge in [0, 0.05) is 0 Å². The molecular weight excluding hydrogens is 338 g/mol. The monoisotopic (exact) mass is 355 g/mol. The predicted molar refractivity (Wildman–Crippen MR) is 91.6 cm³/mol. The molecule has 2 heterocycles. The fourth-order valence-electron chi connectivity index (χ4n) is 2.46. The molecule has 2 aromatic rings. The molecule has 1 aliphatic rings. The Morgan fingerprint density at radius 1 is 1.19 bits per heavy atom. The summed E-state index contributed by atoms with van der Waals surface area (Å²) in [5.74, 6) is -0.00637. The van der Waals surface area contributed by atoms with Gasteiger partial charge in [-0.25, -0.2) is 14.8 Å². The van der Waals surface area contributed by atoms with Crippen LogP contribution in [0.25, 0.3) is 0 Å². The van der Waals surface area contributed by atoms with Crippen LogP contribution in [0.5, 0.6) is 0 Å². The number of carbonyl (C=O) groups excluding carboxylic acids is 3. The summed E-state index contributed by atoms with van der Waals surface area (Å²) in [4.78, 5) is 35.6. The molecule has 0 aliphatic carbocycles. The zero-order valence-corrected chi connectivity index (χ0v) is 13.7. The lowest BCUT2D eigenvalue weighted by Crippen LogP contribution is -2.48. The molecule has 0 saturated carbocycles. The van der Waals surface area contributed by atoms with Gasteiger partial charge in [-0.05, 0) is 17.7 Å². The van der Waals surface area contributed by atoms with Gasteiger partial charge in [-0.2, -0.15) is 5.10 Å². The second kappa shape index (κ2) is 7.97.